The van der Waals surface area contributed by atoms with Crippen molar-refractivity contribution in [3.63, 3.8) is 0 Å². The highest BCUT2D eigenvalue weighted by Crippen LogP contribution is 2.37. The maximum absolute atomic E-state index is 11.5. The van der Waals surface area contributed by atoms with E-state index in [0.717, 1.165) is 18.7 Å². The van der Waals surface area contributed by atoms with E-state index in [1.165, 1.54) is 6.07 Å². The van der Waals surface area contributed by atoms with E-state index in [-0.39, 0.29) is 18.0 Å². The van der Waals surface area contributed by atoms with Crippen molar-refractivity contribution in [3.8, 4) is 0 Å². The predicted molar refractivity (Wildman–Crippen MR) is 73.2 cm³/mol. The Labute approximate surface area is 112 Å². The van der Waals surface area contributed by atoms with Crippen LogP contribution < -0.4 is 16.2 Å². The molecule has 2 rings (SSSR count). The van der Waals surface area contributed by atoms with Crippen LogP contribution in [0, 0.1) is 5.92 Å². The first-order valence-corrected chi connectivity index (χ1v) is 6.66. The van der Waals surface area contributed by atoms with E-state index < -0.39 is 0 Å². The van der Waals surface area contributed by atoms with E-state index in [9.17, 15) is 9.59 Å². The molecule has 0 radical (unpaired) electrons. The van der Waals surface area contributed by atoms with Crippen LogP contribution in [-0.2, 0) is 4.79 Å². The van der Waals surface area contributed by atoms with Crippen LogP contribution in [0.5, 0.6) is 0 Å². The zero-order chi connectivity index (χ0) is 13.8. The number of nitrogens with zero attached hydrogens (tertiary/aromatic N) is 1. The molecule has 0 aromatic carbocycles. The zero-order valence-corrected chi connectivity index (χ0v) is 11.3. The molecule has 0 bridgehead atoms. The van der Waals surface area contributed by atoms with Gasteiger partial charge >= 0.3 is 0 Å². The Morgan fingerprint density at radius 1 is 1.53 bits per heavy atom. The van der Waals surface area contributed by atoms with Crippen molar-refractivity contribution < 1.29 is 4.79 Å². The van der Waals surface area contributed by atoms with Crippen LogP contribution in [-0.4, -0.2) is 29.0 Å². The number of hydrogen-bond donors (Lipinski definition) is 3. The average molecular weight is 264 g/mol. The molecule has 0 aliphatic heterocycles. The van der Waals surface area contributed by atoms with Gasteiger partial charge in [-0.3, -0.25) is 9.59 Å². The van der Waals surface area contributed by atoms with E-state index in [2.05, 4.69) is 20.6 Å². The summed E-state index contributed by atoms with van der Waals surface area (Å²) in [5.41, 5.74) is -0.179. The summed E-state index contributed by atoms with van der Waals surface area (Å²) in [7, 11) is 0. The number of aromatic amines is 1. The van der Waals surface area contributed by atoms with E-state index in [4.69, 9.17) is 0 Å². The molecule has 0 atom stereocenters. The highest BCUT2D eigenvalue weighted by atomic mass is 16.2. The molecule has 1 aliphatic rings. The van der Waals surface area contributed by atoms with Crippen LogP contribution in [0.1, 0.15) is 38.4 Å². The van der Waals surface area contributed by atoms with Gasteiger partial charge in [0, 0.05) is 18.5 Å². The zero-order valence-electron chi connectivity index (χ0n) is 11.3. The van der Waals surface area contributed by atoms with Crippen LogP contribution in [0.15, 0.2) is 10.9 Å². The van der Waals surface area contributed by atoms with Crippen molar-refractivity contribution in [2.75, 3.05) is 18.4 Å². The minimum atomic E-state index is -0.179. The number of hydrogen-bond acceptors (Lipinski definition) is 4. The molecule has 0 unspecified atom stereocenters. The van der Waals surface area contributed by atoms with Gasteiger partial charge in [-0.1, -0.05) is 13.8 Å². The molecule has 1 amide bonds. The molecule has 0 spiro atoms. The van der Waals surface area contributed by atoms with Crippen LogP contribution in [0.25, 0.3) is 0 Å². The van der Waals surface area contributed by atoms with Crippen LogP contribution >= 0.6 is 0 Å². The Bertz CT molecular complexity index is 506. The smallest absolute Gasteiger partial charge is 0.252 e. The fourth-order valence-corrected chi connectivity index (χ4v) is 1.67. The third kappa shape index (κ3) is 4.39. The number of amides is 1. The van der Waals surface area contributed by atoms with Crippen molar-refractivity contribution in [2.45, 2.75) is 32.6 Å². The standard InChI is InChI=1S/C13H20N4O2/c1-8(2)6-15-12(19)7-14-10-5-11(18)17-13(16-10)9-3-4-9/h5,8-9H,3-4,6-7H2,1-2H3,(H,15,19)(H2,14,16,17,18). The Kier molecular flexibility index (Phi) is 4.19. The number of anilines is 1. The van der Waals surface area contributed by atoms with Crippen LogP contribution in [0.2, 0.25) is 0 Å². The molecule has 1 saturated carbocycles. The van der Waals surface area contributed by atoms with Gasteiger partial charge in [-0.2, -0.15) is 0 Å². The summed E-state index contributed by atoms with van der Waals surface area (Å²) in [6.07, 6.45) is 2.14. The molecule has 6 nitrogen and oxygen atoms in total. The third-order valence-electron chi connectivity index (χ3n) is 2.86. The molecule has 19 heavy (non-hydrogen) atoms. The van der Waals surface area contributed by atoms with Gasteiger partial charge in [-0.25, -0.2) is 4.98 Å². The molecule has 1 aliphatic carbocycles. The third-order valence-corrected chi connectivity index (χ3v) is 2.86. The van der Waals surface area contributed by atoms with Gasteiger partial charge in [0.15, 0.2) is 0 Å². The lowest BCUT2D eigenvalue weighted by molar-refractivity contribution is -0.119. The SMILES string of the molecule is CC(C)CNC(=O)CNc1cc(=O)[nH]c(C2CC2)n1. The summed E-state index contributed by atoms with van der Waals surface area (Å²) < 4.78 is 0. The predicted octanol–water partition coefficient (Wildman–Crippen LogP) is 0.831. The maximum Gasteiger partial charge on any atom is 0.252 e. The Balaban J connectivity index is 1.88. The topological polar surface area (TPSA) is 86.9 Å². The lowest BCUT2D eigenvalue weighted by Gasteiger charge is -2.09. The summed E-state index contributed by atoms with van der Waals surface area (Å²) in [6, 6.07) is 1.38. The molecule has 6 heteroatoms. The molecular formula is C13H20N4O2. The van der Waals surface area contributed by atoms with Crippen molar-refractivity contribution in [2.24, 2.45) is 5.92 Å². The summed E-state index contributed by atoms with van der Waals surface area (Å²) >= 11 is 0. The second-order valence-corrected chi connectivity index (χ2v) is 5.34. The average Bonchev–Trinajstić information content (AvgIpc) is 3.17. The van der Waals surface area contributed by atoms with E-state index in [1.54, 1.807) is 0 Å². The molecule has 1 heterocycles. The second kappa shape index (κ2) is 5.86. The Morgan fingerprint density at radius 2 is 2.26 bits per heavy atom. The fourth-order valence-electron chi connectivity index (χ4n) is 1.67. The quantitative estimate of drug-likeness (QED) is 0.710. The van der Waals surface area contributed by atoms with Crippen molar-refractivity contribution in [1.82, 2.24) is 15.3 Å². The first kappa shape index (κ1) is 13.6. The monoisotopic (exact) mass is 264 g/mol. The highest BCUT2D eigenvalue weighted by molar-refractivity contribution is 5.80. The van der Waals surface area contributed by atoms with Gasteiger partial charge in [0.25, 0.3) is 5.56 Å². The van der Waals surface area contributed by atoms with E-state index >= 15 is 0 Å². The van der Waals surface area contributed by atoms with Crippen LogP contribution in [0.3, 0.4) is 0 Å². The number of rotatable bonds is 6. The summed E-state index contributed by atoms with van der Waals surface area (Å²) in [5.74, 6) is 1.89. The molecule has 1 aromatic rings. The van der Waals surface area contributed by atoms with Gasteiger partial charge in [0.1, 0.15) is 11.6 Å². The minimum Gasteiger partial charge on any atom is -0.361 e. The van der Waals surface area contributed by atoms with Gasteiger partial charge in [-0.05, 0) is 18.8 Å². The summed E-state index contributed by atoms with van der Waals surface area (Å²) in [5, 5.41) is 5.69. The largest absolute Gasteiger partial charge is 0.361 e. The first-order chi connectivity index (χ1) is 9.04. The van der Waals surface area contributed by atoms with Crippen molar-refractivity contribution >= 4 is 11.7 Å². The molecular weight excluding hydrogens is 244 g/mol. The molecule has 3 N–H and O–H groups in total. The minimum absolute atomic E-state index is 0.0937. The number of carbonyl (C=O) groups is 1. The Morgan fingerprint density at radius 3 is 2.89 bits per heavy atom. The lowest BCUT2D eigenvalue weighted by atomic mass is 10.2. The van der Waals surface area contributed by atoms with Crippen molar-refractivity contribution in [3.05, 3.63) is 22.2 Å². The maximum atomic E-state index is 11.5. The van der Waals surface area contributed by atoms with Gasteiger partial charge < -0.3 is 15.6 Å². The molecule has 104 valence electrons. The summed E-state index contributed by atoms with van der Waals surface area (Å²) in [6.45, 7) is 4.85. The molecule has 1 fully saturated rings. The first-order valence-electron chi connectivity index (χ1n) is 6.66. The van der Waals surface area contributed by atoms with Gasteiger partial charge in [0.05, 0.1) is 6.54 Å². The van der Waals surface area contributed by atoms with Crippen molar-refractivity contribution in [1.29, 1.82) is 0 Å². The Hall–Kier alpha value is -1.85. The second-order valence-electron chi connectivity index (χ2n) is 5.34. The highest BCUT2D eigenvalue weighted by Gasteiger charge is 2.26. The lowest BCUT2D eigenvalue weighted by Crippen LogP contribution is -2.33. The molecule has 1 aromatic heterocycles. The number of H-pyrrole nitrogens is 1. The molecule has 0 saturated heterocycles. The van der Waals surface area contributed by atoms with E-state index in [0.29, 0.717) is 24.2 Å². The number of nitrogens with one attached hydrogen (secondary N) is 3. The summed E-state index contributed by atoms with van der Waals surface area (Å²) in [4.78, 5) is 30.1. The fraction of sp³-hybridized carbons (Fsp3) is 0.615. The van der Waals surface area contributed by atoms with Crippen LogP contribution in [0.4, 0.5) is 5.82 Å². The number of aromatic nitrogens is 2. The number of carbonyl (C=O) groups excluding carboxylic acids is 1. The van der Waals surface area contributed by atoms with Gasteiger partial charge in [0.2, 0.25) is 5.91 Å². The van der Waals surface area contributed by atoms with Gasteiger partial charge in [-0.15, -0.1) is 0 Å². The normalized spacial score (nSPS) is 14.5. The van der Waals surface area contributed by atoms with E-state index in [1.807, 2.05) is 13.8 Å².